The molecule has 0 unspecified atom stereocenters. The van der Waals surface area contributed by atoms with Crippen LogP contribution in [-0.4, -0.2) is 23.5 Å². The molecular formula is C10H19N3O2. The van der Waals surface area contributed by atoms with E-state index in [-0.39, 0.29) is 11.7 Å². The highest BCUT2D eigenvalue weighted by Gasteiger charge is 2.32. The molecule has 0 bridgehead atoms. The summed E-state index contributed by atoms with van der Waals surface area (Å²) in [6.07, 6.45) is 3.58. The van der Waals surface area contributed by atoms with Crippen molar-refractivity contribution in [3.63, 3.8) is 0 Å². The number of hydrogen-bond acceptors (Lipinski definition) is 3. The van der Waals surface area contributed by atoms with Gasteiger partial charge in [-0.1, -0.05) is 18.0 Å². The number of nitrogens with zero attached hydrogens (tertiary/aromatic N) is 1. The lowest BCUT2D eigenvalue weighted by atomic mass is 9.91. The predicted molar refractivity (Wildman–Crippen MR) is 57.5 cm³/mol. The van der Waals surface area contributed by atoms with Crippen molar-refractivity contribution < 1.29 is 10.0 Å². The van der Waals surface area contributed by atoms with Crippen LogP contribution in [0.15, 0.2) is 5.16 Å². The molecule has 0 aromatic rings. The molecule has 0 aromatic carbocycles. The molecule has 1 rings (SSSR count). The zero-order valence-electron chi connectivity index (χ0n) is 9.29. The number of carbonyl (C=O) groups is 1. The van der Waals surface area contributed by atoms with Gasteiger partial charge in [0.05, 0.1) is 0 Å². The van der Waals surface area contributed by atoms with Gasteiger partial charge in [0.25, 0.3) is 0 Å². The average Bonchev–Trinajstić information content (AvgIpc) is 3.00. The van der Waals surface area contributed by atoms with Crippen LogP contribution in [-0.2, 0) is 4.79 Å². The molecule has 1 saturated carbocycles. The summed E-state index contributed by atoms with van der Waals surface area (Å²) in [5, 5.41) is 14.2. The third kappa shape index (κ3) is 3.11. The minimum atomic E-state index is -0.946. The second-order valence-electron chi connectivity index (χ2n) is 4.60. The van der Waals surface area contributed by atoms with Crippen LogP contribution >= 0.6 is 0 Å². The average molecular weight is 213 g/mol. The second-order valence-corrected chi connectivity index (χ2v) is 4.60. The van der Waals surface area contributed by atoms with Crippen molar-refractivity contribution in [2.45, 2.75) is 33.1 Å². The monoisotopic (exact) mass is 213 g/mol. The Hall–Kier alpha value is -1.26. The maximum Gasteiger partial charge on any atom is 0.233 e. The van der Waals surface area contributed by atoms with Crippen LogP contribution in [0, 0.1) is 11.3 Å². The van der Waals surface area contributed by atoms with Crippen LogP contribution in [0.5, 0.6) is 0 Å². The Bertz CT molecular complexity index is 270. The van der Waals surface area contributed by atoms with Crippen molar-refractivity contribution in [3.05, 3.63) is 0 Å². The lowest BCUT2D eigenvalue weighted by Gasteiger charge is -2.21. The highest BCUT2D eigenvalue weighted by atomic mass is 16.4. The Morgan fingerprint density at radius 3 is 2.67 bits per heavy atom. The normalized spacial score (nSPS) is 17.6. The summed E-state index contributed by atoms with van der Waals surface area (Å²) in [5.41, 5.74) is 4.49. The molecule has 0 aliphatic heterocycles. The number of amidine groups is 1. The Morgan fingerprint density at radius 1 is 1.60 bits per heavy atom. The van der Waals surface area contributed by atoms with E-state index in [1.807, 2.05) is 0 Å². The molecule has 5 nitrogen and oxygen atoms in total. The molecule has 15 heavy (non-hydrogen) atoms. The fraction of sp³-hybridized carbons (Fsp3) is 0.800. The first-order valence-corrected chi connectivity index (χ1v) is 5.24. The molecular weight excluding hydrogens is 194 g/mol. The fourth-order valence-electron chi connectivity index (χ4n) is 1.26. The van der Waals surface area contributed by atoms with Gasteiger partial charge in [0, 0.05) is 6.54 Å². The summed E-state index contributed by atoms with van der Waals surface area (Å²) in [6.45, 7) is 3.94. The van der Waals surface area contributed by atoms with Gasteiger partial charge in [-0.15, -0.1) is 0 Å². The van der Waals surface area contributed by atoms with E-state index in [0.29, 0.717) is 6.54 Å². The van der Waals surface area contributed by atoms with Crippen molar-refractivity contribution >= 4 is 11.7 Å². The van der Waals surface area contributed by atoms with Crippen molar-refractivity contribution in [2.24, 2.45) is 22.2 Å². The van der Waals surface area contributed by atoms with Gasteiger partial charge < -0.3 is 16.3 Å². The summed E-state index contributed by atoms with van der Waals surface area (Å²) in [7, 11) is 0. The lowest BCUT2D eigenvalue weighted by molar-refractivity contribution is -0.126. The Kier molecular flexibility index (Phi) is 3.55. The smallest absolute Gasteiger partial charge is 0.233 e. The summed E-state index contributed by atoms with van der Waals surface area (Å²) in [5.74, 6) is 0.530. The first-order valence-electron chi connectivity index (χ1n) is 5.24. The van der Waals surface area contributed by atoms with Crippen LogP contribution in [0.1, 0.15) is 33.1 Å². The molecule has 1 aliphatic carbocycles. The maximum absolute atomic E-state index is 11.7. The Balaban J connectivity index is 2.36. The van der Waals surface area contributed by atoms with Crippen molar-refractivity contribution in [2.75, 3.05) is 6.54 Å². The molecule has 1 amide bonds. The quantitative estimate of drug-likeness (QED) is 0.271. The standard InChI is InChI=1S/C10H19N3O2/c1-10(2,8(11)13-15)9(14)12-6-5-7-3-4-7/h7,15H,3-6H2,1-2H3,(H2,11,13)(H,12,14). The molecule has 1 fully saturated rings. The van der Waals surface area contributed by atoms with E-state index in [9.17, 15) is 4.79 Å². The fourth-order valence-corrected chi connectivity index (χ4v) is 1.26. The first kappa shape index (κ1) is 11.8. The van der Waals surface area contributed by atoms with Gasteiger partial charge in [-0.25, -0.2) is 0 Å². The highest BCUT2D eigenvalue weighted by molar-refractivity contribution is 6.05. The topological polar surface area (TPSA) is 87.7 Å². The van der Waals surface area contributed by atoms with Crippen LogP contribution in [0.2, 0.25) is 0 Å². The highest BCUT2D eigenvalue weighted by Crippen LogP contribution is 2.31. The Morgan fingerprint density at radius 2 is 2.20 bits per heavy atom. The Labute approximate surface area is 89.7 Å². The van der Waals surface area contributed by atoms with Crippen LogP contribution in [0.4, 0.5) is 0 Å². The molecule has 0 radical (unpaired) electrons. The van der Waals surface area contributed by atoms with Crippen molar-refractivity contribution in [1.82, 2.24) is 5.32 Å². The third-order valence-electron chi connectivity index (χ3n) is 2.85. The number of nitrogens with two attached hydrogens (primary N) is 1. The number of rotatable bonds is 5. The number of carbonyl (C=O) groups excluding carboxylic acids is 1. The molecule has 5 heteroatoms. The van der Waals surface area contributed by atoms with Gasteiger partial charge in [0.15, 0.2) is 5.84 Å². The third-order valence-corrected chi connectivity index (χ3v) is 2.85. The number of oxime groups is 1. The lowest BCUT2D eigenvalue weighted by Crippen LogP contribution is -2.46. The number of nitrogens with one attached hydrogen (secondary N) is 1. The van der Waals surface area contributed by atoms with Gasteiger partial charge in [-0.3, -0.25) is 4.79 Å². The largest absolute Gasteiger partial charge is 0.409 e. The molecule has 1 aliphatic rings. The minimum absolute atomic E-state index is 0.0635. The summed E-state index contributed by atoms with van der Waals surface area (Å²) < 4.78 is 0. The van der Waals surface area contributed by atoms with Crippen LogP contribution in [0.3, 0.4) is 0 Å². The van der Waals surface area contributed by atoms with E-state index >= 15 is 0 Å². The SMILES string of the molecule is CC(C)(C(=O)NCCC1CC1)C(N)=NO. The molecule has 0 heterocycles. The summed E-state index contributed by atoms with van der Waals surface area (Å²) in [6, 6.07) is 0. The van der Waals surface area contributed by atoms with Crippen molar-refractivity contribution in [1.29, 1.82) is 0 Å². The molecule has 0 atom stereocenters. The molecule has 0 spiro atoms. The van der Waals surface area contributed by atoms with E-state index in [4.69, 9.17) is 10.9 Å². The minimum Gasteiger partial charge on any atom is -0.409 e. The van der Waals surface area contributed by atoms with E-state index in [1.54, 1.807) is 13.8 Å². The molecule has 0 aromatic heterocycles. The maximum atomic E-state index is 11.7. The molecule has 86 valence electrons. The first-order chi connectivity index (χ1) is 6.98. The predicted octanol–water partition coefficient (Wildman–Crippen LogP) is 0.675. The zero-order chi connectivity index (χ0) is 11.5. The number of hydrogen-bond donors (Lipinski definition) is 3. The van der Waals surface area contributed by atoms with Crippen LogP contribution in [0.25, 0.3) is 0 Å². The van der Waals surface area contributed by atoms with E-state index in [2.05, 4.69) is 10.5 Å². The van der Waals surface area contributed by atoms with Gasteiger partial charge in [0.2, 0.25) is 5.91 Å². The van der Waals surface area contributed by atoms with E-state index in [1.165, 1.54) is 12.8 Å². The van der Waals surface area contributed by atoms with Gasteiger partial charge in [-0.2, -0.15) is 0 Å². The summed E-state index contributed by atoms with van der Waals surface area (Å²) in [4.78, 5) is 11.7. The number of amides is 1. The van der Waals surface area contributed by atoms with Gasteiger partial charge in [-0.05, 0) is 26.2 Å². The van der Waals surface area contributed by atoms with E-state index in [0.717, 1.165) is 12.3 Å². The molecule has 0 saturated heterocycles. The van der Waals surface area contributed by atoms with Gasteiger partial charge in [0.1, 0.15) is 5.41 Å². The van der Waals surface area contributed by atoms with Gasteiger partial charge >= 0.3 is 0 Å². The molecule has 4 N–H and O–H groups in total. The van der Waals surface area contributed by atoms with Crippen molar-refractivity contribution in [3.8, 4) is 0 Å². The van der Waals surface area contributed by atoms with Crippen LogP contribution < -0.4 is 11.1 Å². The van der Waals surface area contributed by atoms with E-state index < -0.39 is 5.41 Å². The second kappa shape index (κ2) is 4.51. The summed E-state index contributed by atoms with van der Waals surface area (Å²) >= 11 is 0. The zero-order valence-corrected chi connectivity index (χ0v) is 9.29.